The number of aliphatic imine (C=N–C) groups is 1. The van der Waals surface area contributed by atoms with Gasteiger partial charge in [-0.1, -0.05) is 0 Å². The quantitative estimate of drug-likeness (QED) is 0.319. The SMILES string of the molecule is CCn1cc[n+](C)c1C([O-])=NC. The third-order valence-electron chi connectivity index (χ3n) is 1.81. The summed E-state index contributed by atoms with van der Waals surface area (Å²) in [4.78, 5) is 3.62. The highest BCUT2D eigenvalue weighted by atomic mass is 16.3. The summed E-state index contributed by atoms with van der Waals surface area (Å²) in [5.41, 5.74) is 0. The molecule has 1 heterocycles. The van der Waals surface area contributed by atoms with Gasteiger partial charge in [0.1, 0.15) is 12.4 Å². The molecule has 0 radical (unpaired) electrons. The van der Waals surface area contributed by atoms with Crippen molar-refractivity contribution in [2.75, 3.05) is 7.05 Å². The van der Waals surface area contributed by atoms with Crippen molar-refractivity contribution in [3.05, 3.63) is 18.2 Å². The van der Waals surface area contributed by atoms with Gasteiger partial charge in [0, 0.05) is 7.05 Å². The summed E-state index contributed by atoms with van der Waals surface area (Å²) in [6.45, 7) is 2.78. The molecule has 4 heteroatoms. The number of imidazole rings is 1. The first kappa shape index (κ1) is 8.77. The van der Waals surface area contributed by atoms with E-state index in [-0.39, 0.29) is 5.90 Å². The zero-order valence-electron chi connectivity index (χ0n) is 7.61. The van der Waals surface area contributed by atoms with Crippen LogP contribution in [0, 0.1) is 0 Å². The topological polar surface area (TPSA) is 44.2 Å². The van der Waals surface area contributed by atoms with E-state index < -0.39 is 0 Å². The average Bonchev–Trinajstić information content (AvgIpc) is 2.45. The highest BCUT2D eigenvalue weighted by molar-refractivity contribution is 5.85. The minimum absolute atomic E-state index is 0.177. The van der Waals surface area contributed by atoms with Gasteiger partial charge in [0.2, 0.25) is 0 Å². The molecule has 0 saturated heterocycles. The minimum Gasteiger partial charge on any atom is -0.853 e. The van der Waals surface area contributed by atoms with E-state index in [2.05, 4.69) is 4.99 Å². The number of rotatable bonds is 2. The van der Waals surface area contributed by atoms with Gasteiger partial charge >= 0.3 is 0 Å². The Bertz CT molecular complexity index is 301. The zero-order valence-corrected chi connectivity index (χ0v) is 7.61. The maximum atomic E-state index is 11.3. The van der Waals surface area contributed by atoms with Gasteiger partial charge in [0.05, 0.1) is 19.5 Å². The second-order valence-corrected chi connectivity index (χ2v) is 2.55. The van der Waals surface area contributed by atoms with Crippen LogP contribution in [0.15, 0.2) is 17.4 Å². The van der Waals surface area contributed by atoms with Crippen LogP contribution in [-0.2, 0) is 13.6 Å². The molecule has 0 aliphatic heterocycles. The molecule has 0 aromatic carbocycles. The molecular formula is C8H13N3O. The van der Waals surface area contributed by atoms with Gasteiger partial charge in [-0.15, -0.1) is 0 Å². The van der Waals surface area contributed by atoms with Gasteiger partial charge in [0.15, 0.2) is 0 Å². The van der Waals surface area contributed by atoms with Crippen LogP contribution in [0.1, 0.15) is 12.7 Å². The number of aromatic nitrogens is 2. The van der Waals surface area contributed by atoms with E-state index in [1.807, 2.05) is 30.9 Å². The van der Waals surface area contributed by atoms with Gasteiger partial charge in [-0.25, -0.2) is 9.13 Å². The second kappa shape index (κ2) is 3.38. The Kier molecular flexibility index (Phi) is 2.47. The lowest BCUT2D eigenvalue weighted by molar-refractivity contribution is -0.674. The Morgan fingerprint density at radius 2 is 2.42 bits per heavy atom. The molecule has 0 fully saturated rings. The average molecular weight is 167 g/mol. The third-order valence-corrected chi connectivity index (χ3v) is 1.81. The predicted octanol–water partition coefficient (Wildman–Crippen LogP) is -0.931. The lowest BCUT2D eigenvalue weighted by Crippen LogP contribution is -2.40. The highest BCUT2D eigenvalue weighted by Crippen LogP contribution is 1.93. The Balaban J connectivity index is 3.19. The fraction of sp³-hybridized carbons (Fsp3) is 0.500. The smallest absolute Gasteiger partial charge is 0.291 e. The Morgan fingerprint density at radius 1 is 1.75 bits per heavy atom. The molecule has 0 aliphatic rings. The van der Waals surface area contributed by atoms with E-state index in [9.17, 15) is 5.11 Å². The largest absolute Gasteiger partial charge is 0.853 e. The molecule has 1 aromatic rings. The number of aryl methyl sites for hydroxylation is 2. The standard InChI is InChI=1S/C8H13N3O/c1-4-11-6-5-10(3)8(11)7(12)9-2/h5-6H,4H2,1-3H3. The van der Waals surface area contributed by atoms with Gasteiger partial charge in [-0.05, 0) is 6.92 Å². The van der Waals surface area contributed by atoms with Crippen LogP contribution >= 0.6 is 0 Å². The molecule has 0 aliphatic carbocycles. The Morgan fingerprint density at radius 3 is 2.92 bits per heavy atom. The van der Waals surface area contributed by atoms with Gasteiger partial charge < -0.3 is 5.11 Å². The van der Waals surface area contributed by atoms with E-state index in [1.54, 1.807) is 4.57 Å². The van der Waals surface area contributed by atoms with Gasteiger partial charge in [0.25, 0.3) is 5.82 Å². The number of hydrogen-bond donors (Lipinski definition) is 0. The molecule has 0 N–H and O–H groups in total. The monoisotopic (exact) mass is 167 g/mol. The lowest BCUT2D eigenvalue weighted by atomic mass is 10.5. The molecule has 0 bridgehead atoms. The summed E-state index contributed by atoms with van der Waals surface area (Å²) in [6.07, 6.45) is 3.72. The van der Waals surface area contributed by atoms with Crippen molar-refractivity contribution >= 4 is 5.90 Å². The van der Waals surface area contributed by atoms with E-state index in [4.69, 9.17) is 0 Å². The fourth-order valence-corrected chi connectivity index (χ4v) is 1.15. The van der Waals surface area contributed by atoms with E-state index in [0.29, 0.717) is 5.82 Å². The molecule has 0 spiro atoms. The highest BCUT2D eigenvalue weighted by Gasteiger charge is 2.11. The molecule has 12 heavy (non-hydrogen) atoms. The molecule has 0 amide bonds. The summed E-state index contributed by atoms with van der Waals surface area (Å²) in [5, 5.41) is 11.3. The lowest BCUT2D eigenvalue weighted by Gasteiger charge is -2.06. The Hall–Kier alpha value is -1.32. The van der Waals surface area contributed by atoms with Crippen molar-refractivity contribution in [2.24, 2.45) is 12.0 Å². The number of hydrogen-bond acceptors (Lipinski definition) is 2. The van der Waals surface area contributed by atoms with E-state index in [1.165, 1.54) is 7.05 Å². The maximum Gasteiger partial charge on any atom is 0.291 e. The van der Waals surface area contributed by atoms with Crippen LogP contribution in [0.4, 0.5) is 0 Å². The molecule has 0 atom stereocenters. The Labute approximate surface area is 71.8 Å². The molecule has 66 valence electrons. The van der Waals surface area contributed by atoms with E-state index in [0.717, 1.165) is 6.54 Å². The van der Waals surface area contributed by atoms with Crippen molar-refractivity contribution in [1.29, 1.82) is 0 Å². The van der Waals surface area contributed by atoms with Crippen LogP contribution in [0.3, 0.4) is 0 Å². The fourth-order valence-electron chi connectivity index (χ4n) is 1.15. The van der Waals surface area contributed by atoms with Crippen molar-refractivity contribution in [1.82, 2.24) is 4.57 Å². The van der Waals surface area contributed by atoms with Crippen LogP contribution < -0.4 is 9.67 Å². The van der Waals surface area contributed by atoms with Crippen molar-refractivity contribution in [2.45, 2.75) is 13.5 Å². The first-order valence-corrected chi connectivity index (χ1v) is 3.89. The van der Waals surface area contributed by atoms with Crippen LogP contribution in [0.2, 0.25) is 0 Å². The number of nitrogens with zero attached hydrogens (tertiary/aromatic N) is 3. The normalized spacial score (nSPS) is 12.1. The maximum absolute atomic E-state index is 11.3. The zero-order chi connectivity index (χ0) is 9.14. The van der Waals surface area contributed by atoms with Crippen molar-refractivity contribution in [3.8, 4) is 0 Å². The second-order valence-electron chi connectivity index (χ2n) is 2.55. The first-order chi connectivity index (χ1) is 5.70. The van der Waals surface area contributed by atoms with Crippen LogP contribution in [0.5, 0.6) is 0 Å². The molecule has 1 aromatic heterocycles. The molecule has 4 nitrogen and oxygen atoms in total. The summed E-state index contributed by atoms with van der Waals surface area (Å²) in [7, 11) is 3.35. The summed E-state index contributed by atoms with van der Waals surface area (Å²) in [6, 6.07) is 0. The van der Waals surface area contributed by atoms with Crippen LogP contribution in [-0.4, -0.2) is 17.5 Å². The first-order valence-electron chi connectivity index (χ1n) is 3.89. The predicted molar refractivity (Wildman–Crippen MR) is 43.7 cm³/mol. The van der Waals surface area contributed by atoms with Crippen molar-refractivity contribution in [3.63, 3.8) is 0 Å². The molecule has 1 rings (SSSR count). The van der Waals surface area contributed by atoms with Gasteiger partial charge in [-0.3, -0.25) is 4.99 Å². The third kappa shape index (κ3) is 1.32. The molecule has 0 unspecified atom stereocenters. The summed E-state index contributed by atoms with van der Waals surface area (Å²) < 4.78 is 3.65. The molecular weight excluding hydrogens is 154 g/mol. The molecule has 0 saturated carbocycles. The van der Waals surface area contributed by atoms with Gasteiger partial charge in [-0.2, -0.15) is 0 Å². The summed E-state index contributed by atoms with van der Waals surface area (Å²) >= 11 is 0. The van der Waals surface area contributed by atoms with Crippen LogP contribution in [0.25, 0.3) is 0 Å². The van der Waals surface area contributed by atoms with Crippen molar-refractivity contribution < 1.29 is 9.67 Å². The van der Waals surface area contributed by atoms with E-state index >= 15 is 0 Å². The summed E-state index contributed by atoms with van der Waals surface area (Å²) in [5.74, 6) is 0.448. The minimum atomic E-state index is -0.177.